The fourth-order valence-corrected chi connectivity index (χ4v) is 4.50. The first-order valence-electron chi connectivity index (χ1n) is 11.4. The van der Waals surface area contributed by atoms with E-state index in [0.29, 0.717) is 42.0 Å². The van der Waals surface area contributed by atoms with Gasteiger partial charge in [-0.05, 0) is 42.3 Å². The summed E-state index contributed by atoms with van der Waals surface area (Å²) in [6.07, 6.45) is 0.464. The van der Waals surface area contributed by atoms with E-state index < -0.39 is 0 Å². The number of carbonyl (C=O) groups excluding carboxylic acids is 2. The van der Waals surface area contributed by atoms with Gasteiger partial charge in [0.05, 0.1) is 24.7 Å². The summed E-state index contributed by atoms with van der Waals surface area (Å²) in [5.74, 6) is 1.24. The Morgan fingerprint density at radius 1 is 1.03 bits per heavy atom. The molecule has 9 heteroatoms. The maximum absolute atomic E-state index is 12.9. The van der Waals surface area contributed by atoms with Crippen LogP contribution in [0.15, 0.2) is 59.8 Å². The summed E-state index contributed by atoms with van der Waals surface area (Å²) < 4.78 is 7.47. The first-order valence-corrected chi connectivity index (χ1v) is 12.4. The summed E-state index contributed by atoms with van der Waals surface area (Å²) in [6, 6.07) is 16.9. The molecule has 2 heterocycles. The molecule has 0 radical (unpaired) electrons. The number of thioether (sulfide) groups is 1. The third-order valence-electron chi connectivity index (χ3n) is 5.34. The van der Waals surface area contributed by atoms with Gasteiger partial charge < -0.3 is 15.0 Å². The van der Waals surface area contributed by atoms with Crippen molar-refractivity contribution in [2.24, 2.45) is 5.92 Å². The molecule has 1 N–H and O–H groups in total. The van der Waals surface area contributed by atoms with Crippen LogP contribution in [0.5, 0.6) is 0 Å². The number of carbonyl (C=O) groups is 2. The highest BCUT2D eigenvalue weighted by atomic mass is 32.2. The van der Waals surface area contributed by atoms with Crippen molar-refractivity contribution in [2.75, 3.05) is 42.3 Å². The Balaban J connectivity index is 1.45. The van der Waals surface area contributed by atoms with E-state index in [1.54, 1.807) is 24.3 Å². The van der Waals surface area contributed by atoms with Crippen LogP contribution in [0.4, 0.5) is 11.6 Å². The molecule has 1 aliphatic heterocycles. The smallest absolute Gasteiger partial charge is 0.232 e. The second-order valence-electron chi connectivity index (χ2n) is 8.49. The molecule has 0 atom stereocenters. The Bertz CT molecular complexity index is 1110. The molecule has 1 amide bonds. The second-order valence-corrected chi connectivity index (χ2v) is 9.43. The van der Waals surface area contributed by atoms with Gasteiger partial charge in [-0.25, -0.2) is 0 Å². The summed E-state index contributed by atoms with van der Waals surface area (Å²) in [7, 11) is 0. The fraction of sp³-hybridized carbons (Fsp3) is 0.360. The number of ether oxygens (including phenoxy) is 1. The number of morpholine rings is 1. The van der Waals surface area contributed by atoms with Gasteiger partial charge in [-0.2, -0.15) is 0 Å². The molecule has 2 aromatic carbocycles. The Hall–Kier alpha value is -3.17. The topological polar surface area (TPSA) is 89.3 Å². The van der Waals surface area contributed by atoms with Crippen LogP contribution in [-0.2, 0) is 9.53 Å². The maximum atomic E-state index is 12.9. The number of benzene rings is 2. The SMILES string of the molecule is CC(C)CC(=O)Nc1ccc(C(=O)CSc2nnc(N3CCOCC3)n2-c2ccccc2)cc1. The van der Waals surface area contributed by atoms with Gasteiger partial charge in [-0.1, -0.05) is 43.8 Å². The average molecular weight is 480 g/mol. The number of nitrogens with one attached hydrogen (secondary N) is 1. The first-order chi connectivity index (χ1) is 16.5. The van der Waals surface area contributed by atoms with Crippen LogP contribution in [0.25, 0.3) is 5.69 Å². The number of ketones is 1. The van der Waals surface area contributed by atoms with Gasteiger partial charge in [-0.3, -0.25) is 14.2 Å². The van der Waals surface area contributed by atoms with Crippen molar-refractivity contribution in [3.63, 3.8) is 0 Å². The molecule has 178 valence electrons. The van der Waals surface area contributed by atoms with Crippen LogP contribution < -0.4 is 10.2 Å². The number of nitrogens with zero attached hydrogens (tertiary/aromatic N) is 4. The van der Waals surface area contributed by atoms with Crippen LogP contribution in [0.3, 0.4) is 0 Å². The van der Waals surface area contributed by atoms with Crippen molar-refractivity contribution >= 4 is 35.1 Å². The van der Waals surface area contributed by atoms with E-state index >= 15 is 0 Å². The van der Waals surface area contributed by atoms with Crippen molar-refractivity contribution < 1.29 is 14.3 Å². The van der Waals surface area contributed by atoms with Gasteiger partial charge in [0.25, 0.3) is 0 Å². The number of amides is 1. The third kappa shape index (κ3) is 6.03. The summed E-state index contributed by atoms with van der Waals surface area (Å²) in [6.45, 7) is 6.79. The largest absolute Gasteiger partial charge is 0.378 e. The van der Waals surface area contributed by atoms with Crippen LogP contribution >= 0.6 is 11.8 Å². The average Bonchev–Trinajstić information content (AvgIpc) is 3.27. The summed E-state index contributed by atoms with van der Waals surface area (Å²) >= 11 is 1.36. The fourth-order valence-electron chi connectivity index (χ4n) is 3.66. The highest BCUT2D eigenvalue weighted by Crippen LogP contribution is 2.27. The quantitative estimate of drug-likeness (QED) is 0.366. The van der Waals surface area contributed by atoms with Gasteiger partial charge in [0.15, 0.2) is 10.9 Å². The van der Waals surface area contributed by atoms with E-state index in [-0.39, 0.29) is 17.4 Å². The van der Waals surface area contributed by atoms with Crippen LogP contribution in [0.1, 0.15) is 30.6 Å². The minimum atomic E-state index is -0.0269. The number of hydrogen-bond donors (Lipinski definition) is 1. The van der Waals surface area contributed by atoms with Gasteiger partial charge in [0.1, 0.15) is 0 Å². The van der Waals surface area contributed by atoms with Crippen LogP contribution in [0, 0.1) is 5.92 Å². The number of hydrogen-bond acceptors (Lipinski definition) is 7. The second kappa shape index (κ2) is 11.3. The van der Waals surface area contributed by atoms with Crippen molar-refractivity contribution in [1.29, 1.82) is 0 Å². The normalized spacial score (nSPS) is 13.8. The molecule has 3 aromatic rings. The lowest BCUT2D eigenvalue weighted by Crippen LogP contribution is -2.37. The van der Waals surface area contributed by atoms with Crippen molar-refractivity contribution in [2.45, 2.75) is 25.4 Å². The molecule has 0 saturated carbocycles. The predicted molar refractivity (Wildman–Crippen MR) is 134 cm³/mol. The van der Waals surface area contributed by atoms with Crippen molar-refractivity contribution in [1.82, 2.24) is 14.8 Å². The van der Waals surface area contributed by atoms with Crippen LogP contribution in [0.2, 0.25) is 0 Å². The maximum Gasteiger partial charge on any atom is 0.232 e. The molecule has 1 aromatic heterocycles. The molecule has 0 unspecified atom stereocenters. The first kappa shape index (κ1) is 24.0. The molecule has 0 aliphatic carbocycles. The molecular weight excluding hydrogens is 450 g/mol. The monoisotopic (exact) mass is 479 g/mol. The van der Waals surface area contributed by atoms with Gasteiger partial charge in [-0.15, -0.1) is 10.2 Å². The zero-order chi connectivity index (χ0) is 23.9. The van der Waals surface area contributed by atoms with E-state index in [4.69, 9.17) is 4.74 Å². The lowest BCUT2D eigenvalue weighted by atomic mass is 10.1. The Morgan fingerprint density at radius 2 is 1.74 bits per heavy atom. The lowest BCUT2D eigenvalue weighted by Gasteiger charge is -2.27. The molecule has 8 nitrogen and oxygen atoms in total. The molecule has 4 rings (SSSR count). The summed E-state index contributed by atoms with van der Waals surface area (Å²) in [4.78, 5) is 27.0. The molecule has 0 bridgehead atoms. The van der Waals surface area contributed by atoms with E-state index in [9.17, 15) is 9.59 Å². The van der Waals surface area contributed by atoms with Gasteiger partial charge in [0.2, 0.25) is 11.9 Å². The number of aromatic nitrogens is 3. The van der Waals surface area contributed by atoms with E-state index in [2.05, 4.69) is 20.4 Å². The van der Waals surface area contributed by atoms with E-state index in [0.717, 1.165) is 24.7 Å². The van der Waals surface area contributed by atoms with Gasteiger partial charge >= 0.3 is 0 Å². The number of rotatable bonds is 9. The molecule has 0 spiro atoms. The van der Waals surface area contributed by atoms with E-state index in [1.165, 1.54) is 11.8 Å². The Morgan fingerprint density at radius 3 is 2.41 bits per heavy atom. The lowest BCUT2D eigenvalue weighted by molar-refractivity contribution is -0.116. The molecule has 1 saturated heterocycles. The molecule has 1 aliphatic rings. The highest BCUT2D eigenvalue weighted by Gasteiger charge is 2.22. The Labute approximate surface area is 203 Å². The molecular formula is C25H29N5O3S. The van der Waals surface area contributed by atoms with Crippen molar-refractivity contribution in [3.8, 4) is 5.69 Å². The number of anilines is 2. The minimum Gasteiger partial charge on any atom is -0.378 e. The van der Waals surface area contributed by atoms with Gasteiger partial charge in [0, 0.05) is 30.8 Å². The van der Waals surface area contributed by atoms with Crippen molar-refractivity contribution in [3.05, 3.63) is 60.2 Å². The Kier molecular flexibility index (Phi) is 7.97. The van der Waals surface area contributed by atoms with E-state index in [1.807, 2.05) is 48.7 Å². The third-order valence-corrected chi connectivity index (χ3v) is 6.27. The molecule has 1 fully saturated rings. The number of Topliss-reactive ketones (excluding diaryl/α,β-unsaturated/α-hetero) is 1. The molecule has 34 heavy (non-hydrogen) atoms. The zero-order valence-electron chi connectivity index (χ0n) is 19.4. The summed E-state index contributed by atoms with van der Waals surface area (Å²) in [5, 5.41) is 12.4. The minimum absolute atomic E-state index is 0.0133. The van der Waals surface area contributed by atoms with Crippen LogP contribution in [-0.4, -0.2) is 58.5 Å². The predicted octanol–water partition coefficient (Wildman–Crippen LogP) is 4.06. The number of para-hydroxylation sites is 1. The highest BCUT2D eigenvalue weighted by molar-refractivity contribution is 7.99. The summed E-state index contributed by atoms with van der Waals surface area (Å²) in [5.41, 5.74) is 2.23. The standard InChI is InChI=1S/C25H29N5O3S/c1-18(2)16-23(32)26-20-10-8-19(9-11-20)22(31)17-34-25-28-27-24(29-12-14-33-15-13-29)30(25)21-6-4-3-5-7-21/h3-11,18H,12-17H2,1-2H3,(H,26,32). The zero-order valence-corrected chi connectivity index (χ0v) is 20.3.